The molecule has 0 bridgehead atoms. The zero-order valence-corrected chi connectivity index (χ0v) is 14.7. The van der Waals surface area contributed by atoms with Crippen LogP contribution in [0.5, 0.6) is 0 Å². The first-order chi connectivity index (χ1) is 12.7. The summed E-state index contributed by atoms with van der Waals surface area (Å²) in [5, 5.41) is 6.30. The van der Waals surface area contributed by atoms with Gasteiger partial charge in [-0.15, -0.1) is 0 Å². The number of esters is 1. The molecule has 1 aromatic carbocycles. The van der Waals surface area contributed by atoms with Crippen molar-refractivity contribution in [2.45, 2.75) is 20.4 Å². The maximum Gasteiger partial charge on any atom is 0.340 e. The lowest BCUT2D eigenvalue weighted by Crippen LogP contribution is -2.10. The summed E-state index contributed by atoms with van der Waals surface area (Å²) < 4.78 is 10.4. The lowest BCUT2D eigenvalue weighted by Gasteiger charge is -2.12. The molecule has 134 valence electrons. The summed E-state index contributed by atoms with van der Waals surface area (Å²) >= 11 is 0. The van der Waals surface area contributed by atoms with E-state index in [-0.39, 0.29) is 5.97 Å². The van der Waals surface area contributed by atoms with Gasteiger partial charge in [0.25, 0.3) is 0 Å². The molecule has 3 rings (SSSR count). The van der Waals surface area contributed by atoms with Crippen LogP contribution in [0.3, 0.4) is 0 Å². The highest BCUT2D eigenvalue weighted by atomic mass is 16.5. The van der Waals surface area contributed by atoms with Crippen LogP contribution in [-0.2, 0) is 11.3 Å². The molecule has 0 aliphatic rings. The molecule has 0 aliphatic carbocycles. The van der Waals surface area contributed by atoms with Gasteiger partial charge in [0.2, 0.25) is 5.95 Å². The molecule has 0 amide bonds. The Morgan fingerprint density at radius 3 is 2.81 bits per heavy atom. The Labute approximate surface area is 151 Å². The minimum Gasteiger partial charge on any atom is -0.467 e. The number of para-hydroxylation sites is 1. The molecule has 26 heavy (non-hydrogen) atoms. The predicted molar refractivity (Wildman–Crippen MR) is 98.5 cm³/mol. The number of hydrogen-bond acceptors (Lipinski definition) is 7. The van der Waals surface area contributed by atoms with Crippen LogP contribution in [0.15, 0.2) is 53.1 Å². The zero-order valence-electron chi connectivity index (χ0n) is 14.7. The number of ether oxygens (including phenoxy) is 1. The van der Waals surface area contributed by atoms with E-state index < -0.39 is 0 Å². The summed E-state index contributed by atoms with van der Waals surface area (Å²) in [7, 11) is 0. The molecule has 2 aromatic heterocycles. The number of carbonyl (C=O) groups is 1. The number of nitrogens with one attached hydrogen (secondary N) is 2. The van der Waals surface area contributed by atoms with Crippen molar-refractivity contribution >= 4 is 23.4 Å². The Kier molecular flexibility index (Phi) is 5.48. The van der Waals surface area contributed by atoms with E-state index >= 15 is 0 Å². The lowest BCUT2D eigenvalue weighted by molar-refractivity contribution is 0.0527. The fourth-order valence-corrected chi connectivity index (χ4v) is 2.41. The summed E-state index contributed by atoms with van der Waals surface area (Å²) in [6.45, 7) is 4.48. The van der Waals surface area contributed by atoms with Crippen molar-refractivity contribution in [3.05, 3.63) is 65.7 Å². The number of anilines is 3. The maximum atomic E-state index is 12.1. The van der Waals surface area contributed by atoms with Gasteiger partial charge in [-0.25, -0.2) is 9.78 Å². The Morgan fingerprint density at radius 1 is 1.19 bits per heavy atom. The lowest BCUT2D eigenvalue weighted by atomic mass is 10.2. The van der Waals surface area contributed by atoms with Crippen LogP contribution >= 0.6 is 0 Å². The monoisotopic (exact) mass is 352 g/mol. The van der Waals surface area contributed by atoms with Crippen LogP contribution in [0.25, 0.3) is 0 Å². The van der Waals surface area contributed by atoms with Crippen molar-refractivity contribution in [2.75, 3.05) is 17.2 Å². The van der Waals surface area contributed by atoms with E-state index in [1.165, 1.54) is 0 Å². The highest BCUT2D eigenvalue weighted by Gasteiger charge is 2.13. The van der Waals surface area contributed by atoms with Gasteiger partial charge >= 0.3 is 5.97 Å². The number of benzene rings is 1. The highest BCUT2D eigenvalue weighted by molar-refractivity contribution is 5.96. The topological polar surface area (TPSA) is 89.3 Å². The van der Waals surface area contributed by atoms with Gasteiger partial charge in [-0.2, -0.15) is 4.98 Å². The molecule has 3 aromatic rings. The van der Waals surface area contributed by atoms with Gasteiger partial charge in [-0.05, 0) is 38.1 Å². The van der Waals surface area contributed by atoms with Crippen molar-refractivity contribution in [3.8, 4) is 0 Å². The standard InChI is InChI=1S/C19H20N4O3/c1-3-25-18(24)15-8-4-5-9-16(15)22-19-21-13(2)11-17(23-19)20-12-14-7-6-10-26-14/h4-11H,3,12H2,1-2H3,(H2,20,21,22,23). The second-order valence-corrected chi connectivity index (χ2v) is 5.54. The molecular weight excluding hydrogens is 332 g/mol. The normalized spacial score (nSPS) is 10.4. The molecule has 0 saturated heterocycles. The summed E-state index contributed by atoms with van der Waals surface area (Å²) in [6, 6.07) is 12.7. The van der Waals surface area contributed by atoms with E-state index in [0.717, 1.165) is 11.5 Å². The number of rotatable bonds is 7. The number of hydrogen-bond donors (Lipinski definition) is 2. The first-order valence-electron chi connectivity index (χ1n) is 8.31. The van der Waals surface area contributed by atoms with E-state index in [1.807, 2.05) is 31.2 Å². The van der Waals surface area contributed by atoms with Crippen LogP contribution in [0.4, 0.5) is 17.5 Å². The van der Waals surface area contributed by atoms with Crippen LogP contribution in [-0.4, -0.2) is 22.5 Å². The number of carbonyl (C=O) groups excluding carboxylic acids is 1. The van der Waals surface area contributed by atoms with Crippen molar-refractivity contribution in [2.24, 2.45) is 0 Å². The van der Waals surface area contributed by atoms with Crippen LogP contribution in [0.2, 0.25) is 0 Å². The second kappa shape index (κ2) is 8.15. The molecule has 7 heteroatoms. The third-order valence-corrected chi connectivity index (χ3v) is 3.55. The van der Waals surface area contributed by atoms with Crippen molar-refractivity contribution in [1.82, 2.24) is 9.97 Å². The smallest absolute Gasteiger partial charge is 0.340 e. The van der Waals surface area contributed by atoms with Gasteiger partial charge in [0, 0.05) is 11.8 Å². The summed E-state index contributed by atoms with van der Waals surface area (Å²) in [5.41, 5.74) is 1.82. The molecule has 7 nitrogen and oxygen atoms in total. The molecule has 0 unspecified atom stereocenters. The number of furan rings is 1. The van der Waals surface area contributed by atoms with E-state index in [1.54, 1.807) is 31.4 Å². The van der Waals surface area contributed by atoms with Gasteiger partial charge in [0.15, 0.2) is 0 Å². The maximum absolute atomic E-state index is 12.1. The number of aryl methyl sites for hydroxylation is 1. The first kappa shape index (κ1) is 17.5. The van der Waals surface area contributed by atoms with E-state index in [2.05, 4.69) is 20.6 Å². The quantitative estimate of drug-likeness (QED) is 0.623. The van der Waals surface area contributed by atoms with Crippen molar-refractivity contribution in [1.29, 1.82) is 0 Å². The SMILES string of the molecule is CCOC(=O)c1ccccc1Nc1nc(C)cc(NCc2ccco2)n1. The van der Waals surface area contributed by atoms with E-state index in [4.69, 9.17) is 9.15 Å². The molecular formula is C19H20N4O3. The molecule has 0 saturated carbocycles. The molecule has 2 N–H and O–H groups in total. The van der Waals surface area contributed by atoms with E-state index in [9.17, 15) is 4.79 Å². The largest absolute Gasteiger partial charge is 0.467 e. The van der Waals surface area contributed by atoms with Crippen LogP contribution in [0, 0.1) is 6.92 Å². The Hall–Kier alpha value is -3.35. The average molecular weight is 352 g/mol. The first-order valence-corrected chi connectivity index (χ1v) is 8.31. The Balaban J connectivity index is 1.79. The minimum absolute atomic E-state index is 0.314. The molecule has 0 radical (unpaired) electrons. The van der Waals surface area contributed by atoms with Gasteiger partial charge in [-0.3, -0.25) is 0 Å². The molecule has 2 heterocycles. The summed E-state index contributed by atoms with van der Waals surface area (Å²) in [4.78, 5) is 20.9. The van der Waals surface area contributed by atoms with Gasteiger partial charge in [0.05, 0.1) is 30.7 Å². The van der Waals surface area contributed by atoms with Crippen LogP contribution < -0.4 is 10.6 Å². The third-order valence-electron chi connectivity index (χ3n) is 3.55. The zero-order chi connectivity index (χ0) is 18.4. The van der Waals surface area contributed by atoms with Gasteiger partial charge < -0.3 is 19.8 Å². The molecule has 0 atom stereocenters. The third kappa shape index (κ3) is 4.38. The number of nitrogens with zero attached hydrogens (tertiary/aromatic N) is 2. The summed E-state index contributed by atoms with van der Waals surface area (Å²) in [5.74, 6) is 1.47. The molecule has 0 spiro atoms. The Morgan fingerprint density at radius 2 is 2.04 bits per heavy atom. The molecule has 0 aliphatic heterocycles. The Bertz CT molecular complexity index is 878. The van der Waals surface area contributed by atoms with Crippen molar-refractivity contribution < 1.29 is 13.9 Å². The molecule has 0 fully saturated rings. The second-order valence-electron chi connectivity index (χ2n) is 5.54. The number of aromatic nitrogens is 2. The van der Waals surface area contributed by atoms with Crippen LogP contribution in [0.1, 0.15) is 28.7 Å². The van der Waals surface area contributed by atoms with Gasteiger partial charge in [0.1, 0.15) is 11.6 Å². The summed E-state index contributed by atoms with van der Waals surface area (Å²) in [6.07, 6.45) is 1.63. The minimum atomic E-state index is -0.389. The van der Waals surface area contributed by atoms with Crippen molar-refractivity contribution in [3.63, 3.8) is 0 Å². The predicted octanol–water partition coefficient (Wildman–Crippen LogP) is 3.91. The van der Waals surface area contributed by atoms with E-state index in [0.29, 0.717) is 36.2 Å². The van der Waals surface area contributed by atoms with Gasteiger partial charge in [-0.1, -0.05) is 12.1 Å². The fourth-order valence-electron chi connectivity index (χ4n) is 2.41. The highest BCUT2D eigenvalue weighted by Crippen LogP contribution is 2.21. The average Bonchev–Trinajstić information content (AvgIpc) is 3.14. The fraction of sp³-hybridized carbons (Fsp3) is 0.211.